The first-order valence-electron chi connectivity index (χ1n) is 5.77. The van der Waals surface area contributed by atoms with Crippen molar-refractivity contribution in [1.82, 2.24) is 4.98 Å². The van der Waals surface area contributed by atoms with Gasteiger partial charge in [-0.25, -0.2) is 0 Å². The fourth-order valence-corrected chi connectivity index (χ4v) is 2.11. The van der Waals surface area contributed by atoms with Crippen LogP contribution in [-0.2, 0) is 6.42 Å². The molecule has 0 fully saturated rings. The van der Waals surface area contributed by atoms with E-state index in [0.717, 1.165) is 17.5 Å². The van der Waals surface area contributed by atoms with Crippen molar-refractivity contribution in [3.8, 4) is 0 Å². The summed E-state index contributed by atoms with van der Waals surface area (Å²) in [6.07, 6.45) is 4.25. The van der Waals surface area contributed by atoms with Gasteiger partial charge in [0, 0.05) is 24.4 Å². The molecule has 2 heterocycles. The zero-order valence-electron chi connectivity index (χ0n) is 9.65. The molecule has 0 bridgehead atoms. The van der Waals surface area contributed by atoms with Crippen LogP contribution in [0.2, 0.25) is 0 Å². The Morgan fingerprint density at radius 2 is 1.83 bits per heavy atom. The molecule has 0 saturated heterocycles. The maximum atomic E-state index is 11.6. The molecule has 0 spiro atoms. The Morgan fingerprint density at radius 3 is 2.67 bits per heavy atom. The zero-order valence-corrected chi connectivity index (χ0v) is 9.65. The topological polar surface area (TPSA) is 54.7 Å². The highest BCUT2D eigenvalue weighted by Crippen LogP contribution is 2.29. The van der Waals surface area contributed by atoms with E-state index in [1.807, 2.05) is 30.3 Å². The number of carbonyl (C=O) groups is 1. The number of azo groups is 1. The van der Waals surface area contributed by atoms with Gasteiger partial charge >= 0.3 is 0 Å². The molecule has 1 aromatic heterocycles. The van der Waals surface area contributed by atoms with Gasteiger partial charge in [-0.05, 0) is 29.3 Å². The minimum absolute atomic E-state index is 0.0821. The predicted octanol–water partition coefficient (Wildman–Crippen LogP) is 2.97. The van der Waals surface area contributed by atoms with Crippen LogP contribution in [0.3, 0.4) is 0 Å². The molecule has 3 rings (SSSR count). The Kier molecular flexibility index (Phi) is 2.68. The molecule has 1 aliphatic rings. The van der Waals surface area contributed by atoms with Gasteiger partial charge in [0.1, 0.15) is 6.04 Å². The Hall–Kier alpha value is -2.36. The number of rotatable bonds is 2. The van der Waals surface area contributed by atoms with E-state index in [1.165, 1.54) is 0 Å². The van der Waals surface area contributed by atoms with Crippen molar-refractivity contribution in [2.45, 2.75) is 12.5 Å². The van der Waals surface area contributed by atoms with E-state index < -0.39 is 0 Å². The minimum Gasteiger partial charge on any atom is -0.265 e. The summed E-state index contributed by atoms with van der Waals surface area (Å²) in [6, 6.07) is 11.3. The largest absolute Gasteiger partial charge is 0.295 e. The smallest absolute Gasteiger partial charge is 0.265 e. The Morgan fingerprint density at radius 1 is 1.06 bits per heavy atom. The van der Waals surface area contributed by atoms with Gasteiger partial charge < -0.3 is 0 Å². The summed E-state index contributed by atoms with van der Waals surface area (Å²) in [5.74, 6) is -0.253. The van der Waals surface area contributed by atoms with Gasteiger partial charge in [-0.1, -0.05) is 18.2 Å². The Labute approximate surface area is 104 Å². The Bertz CT molecular complexity index is 607. The van der Waals surface area contributed by atoms with Crippen LogP contribution in [0.15, 0.2) is 59.0 Å². The van der Waals surface area contributed by atoms with Crippen LogP contribution in [0.1, 0.15) is 27.5 Å². The van der Waals surface area contributed by atoms with Crippen LogP contribution < -0.4 is 0 Å². The molecule has 0 aliphatic carbocycles. The van der Waals surface area contributed by atoms with Crippen LogP contribution in [0.25, 0.3) is 0 Å². The molecule has 0 radical (unpaired) electrons. The second kappa shape index (κ2) is 4.49. The number of amides is 1. The summed E-state index contributed by atoms with van der Waals surface area (Å²) in [4.78, 5) is 15.6. The lowest BCUT2D eigenvalue weighted by Gasteiger charge is -2.17. The first-order valence-corrected chi connectivity index (χ1v) is 5.77. The molecule has 1 aromatic carbocycles. The maximum Gasteiger partial charge on any atom is 0.295 e. The zero-order chi connectivity index (χ0) is 12.4. The van der Waals surface area contributed by atoms with Crippen LogP contribution in [0.4, 0.5) is 0 Å². The van der Waals surface area contributed by atoms with Gasteiger partial charge in [0.2, 0.25) is 0 Å². The average Bonchev–Trinajstić information content (AvgIpc) is 2.44. The summed E-state index contributed by atoms with van der Waals surface area (Å²) in [5.41, 5.74) is 2.75. The van der Waals surface area contributed by atoms with Gasteiger partial charge in [-0.15, -0.1) is 5.11 Å². The fraction of sp³-hybridized carbons (Fsp3) is 0.143. The first-order chi connectivity index (χ1) is 8.84. The molecular weight excluding hydrogens is 226 g/mol. The summed E-state index contributed by atoms with van der Waals surface area (Å²) in [7, 11) is 0. The van der Waals surface area contributed by atoms with E-state index >= 15 is 0 Å². The SMILES string of the molecule is O=C1N=NC(Cc2ccncc2)c2ccccc21. The molecule has 1 amide bonds. The standard InChI is InChI=1S/C14H11N3O/c18-14-12-4-2-1-3-11(12)13(16-17-14)9-10-5-7-15-8-6-10/h1-8,13H,9H2. The van der Waals surface area contributed by atoms with Crippen molar-refractivity contribution in [3.63, 3.8) is 0 Å². The lowest BCUT2D eigenvalue weighted by Crippen LogP contribution is -2.11. The van der Waals surface area contributed by atoms with E-state index in [0.29, 0.717) is 5.56 Å². The summed E-state index contributed by atoms with van der Waals surface area (Å²) in [5, 5.41) is 7.82. The summed E-state index contributed by atoms with van der Waals surface area (Å²) < 4.78 is 0. The second-order valence-electron chi connectivity index (χ2n) is 4.18. The summed E-state index contributed by atoms with van der Waals surface area (Å²) >= 11 is 0. The van der Waals surface area contributed by atoms with E-state index in [9.17, 15) is 4.79 Å². The molecular formula is C14H11N3O. The molecule has 18 heavy (non-hydrogen) atoms. The number of benzene rings is 1. The molecule has 1 atom stereocenters. The predicted molar refractivity (Wildman–Crippen MR) is 66.3 cm³/mol. The van der Waals surface area contributed by atoms with Crippen LogP contribution in [0, 0.1) is 0 Å². The fourth-order valence-electron chi connectivity index (χ4n) is 2.11. The number of carbonyl (C=O) groups excluding carboxylic acids is 1. The number of pyridine rings is 1. The highest BCUT2D eigenvalue weighted by molar-refractivity contribution is 5.96. The third kappa shape index (κ3) is 1.93. The lowest BCUT2D eigenvalue weighted by molar-refractivity contribution is 0.0984. The molecule has 1 unspecified atom stereocenters. The van der Waals surface area contributed by atoms with Crippen LogP contribution in [0.5, 0.6) is 0 Å². The maximum absolute atomic E-state index is 11.6. The van der Waals surface area contributed by atoms with Crippen molar-refractivity contribution in [2.75, 3.05) is 0 Å². The first kappa shape index (κ1) is 10.8. The molecule has 2 aromatic rings. The Balaban J connectivity index is 1.95. The molecule has 4 heteroatoms. The van der Waals surface area contributed by atoms with Gasteiger partial charge in [0.05, 0.1) is 0 Å². The number of aromatic nitrogens is 1. The highest BCUT2D eigenvalue weighted by Gasteiger charge is 2.23. The van der Waals surface area contributed by atoms with Gasteiger partial charge in [-0.2, -0.15) is 5.11 Å². The van der Waals surface area contributed by atoms with Crippen molar-refractivity contribution in [1.29, 1.82) is 0 Å². The number of fused-ring (bicyclic) bond motifs is 1. The minimum atomic E-state index is -0.253. The number of nitrogens with zero attached hydrogens (tertiary/aromatic N) is 3. The van der Waals surface area contributed by atoms with Gasteiger partial charge in [-0.3, -0.25) is 9.78 Å². The van der Waals surface area contributed by atoms with Crippen LogP contribution in [-0.4, -0.2) is 10.9 Å². The molecule has 0 saturated carbocycles. The highest BCUT2D eigenvalue weighted by atomic mass is 16.1. The van der Waals surface area contributed by atoms with Gasteiger partial charge in [0.15, 0.2) is 0 Å². The third-order valence-corrected chi connectivity index (χ3v) is 3.02. The van der Waals surface area contributed by atoms with Gasteiger partial charge in [0.25, 0.3) is 5.91 Å². The third-order valence-electron chi connectivity index (χ3n) is 3.02. The number of hydrogen-bond acceptors (Lipinski definition) is 3. The molecule has 88 valence electrons. The van der Waals surface area contributed by atoms with E-state index in [2.05, 4.69) is 15.2 Å². The number of hydrogen-bond donors (Lipinski definition) is 0. The van der Waals surface area contributed by atoms with Crippen molar-refractivity contribution in [3.05, 3.63) is 65.5 Å². The quantitative estimate of drug-likeness (QED) is 0.806. The molecule has 0 N–H and O–H groups in total. The molecule has 1 aliphatic heterocycles. The van der Waals surface area contributed by atoms with Crippen molar-refractivity contribution < 1.29 is 4.79 Å². The average molecular weight is 237 g/mol. The molecule has 4 nitrogen and oxygen atoms in total. The summed E-state index contributed by atoms with van der Waals surface area (Å²) in [6.45, 7) is 0. The van der Waals surface area contributed by atoms with E-state index in [-0.39, 0.29) is 11.9 Å². The van der Waals surface area contributed by atoms with E-state index in [4.69, 9.17) is 0 Å². The van der Waals surface area contributed by atoms with Crippen LogP contribution >= 0.6 is 0 Å². The van der Waals surface area contributed by atoms with Crippen molar-refractivity contribution >= 4 is 5.91 Å². The lowest BCUT2D eigenvalue weighted by atomic mass is 9.94. The van der Waals surface area contributed by atoms with E-state index in [1.54, 1.807) is 18.5 Å². The van der Waals surface area contributed by atoms with Crippen molar-refractivity contribution in [2.24, 2.45) is 10.2 Å². The second-order valence-corrected chi connectivity index (χ2v) is 4.18. The normalized spacial score (nSPS) is 17.6. The monoisotopic (exact) mass is 237 g/mol.